The molecular formula is C20H19ClN8O2. The number of aromatic nitrogens is 2. The summed E-state index contributed by atoms with van der Waals surface area (Å²) in [5.74, 6) is 1.21. The third-order valence-corrected chi connectivity index (χ3v) is 6.34. The topological polar surface area (TPSA) is 97.3 Å². The minimum Gasteiger partial charge on any atom is -0.364 e. The number of anilines is 2. The van der Waals surface area contributed by atoms with Crippen LogP contribution in [-0.2, 0) is 4.74 Å². The van der Waals surface area contributed by atoms with Gasteiger partial charge in [-0.15, -0.1) is 0 Å². The molecule has 1 aromatic heterocycles. The lowest BCUT2D eigenvalue weighted by Crippen LogP contribution is -2.48. The summed E-state index contributed by atoms with van der Waals surface area (Å²) in [5.41, 5.74) is 0.981. The molecular weight excluding hydrogens is 420 g/mol. The molecule has 0 N–H and O–H groups in total. The largest absolute Gasteiger partial charge is 0.364 e. The quantitative estimate of drug-likeness (QED) is 0.397. The second kappa shape index (κ2) is 6.35. The number of fused-ring (bicyclic) bond motifs is 6. The van der Waals surface area contributed by atoms with Crippen LogP contribution in [0, 0.1) is 11.5 Å². The molecule has 0 aliphatic carbocycles. The van der Waals surface area contributed by atoms with Crippen molar-refractivity contribution in [2.75, 3.05) is 9.91 Å². The molecule has 5 heterocycles. The van der Waals surface area contributed by atoms with Crippen LogP contribution in [0.3, 0.4) is 0 Å². The van der Waals surface area contributed by atoms with E-state index in [-0.39, 0.29) is 23.9 Å². The Balaban J connectivity index is 1.38. The SMILES string of the molecule is CC1(C)CCC(c2noc(N3C=NC4c5ccccc5N5C(=CN(C#N)C5Cl)N43)n2)O1. The zero-order chi connectivity index (χ0) is 21.3. The number of benzene rings is 1. The molecule has 0 amide bonds. The highest BCUT2D eigenvalue weighted by Gasteiger charge is 2.48. The highest BCUT2D eigenvalue weighted by atomic mass is 35.5. The van der Waals surface area contributed by atoms with Crippen molar-refractivity contribution in [2.24, 2.45) is 4.99 Å². The fourth-order valence-electron chi connectivity index (χ4n) is 4.46. The second-order valence-electron chi connectivity index (χ2n) is 8.40. The van der Waals surface area contributed by atoms with Crippen LogP contribution in [0.1, 0.15) is 50.3 Å². The highest BCUT2D eigenvalue weighted by molar-refractivity contribution is 6.22. The first-order chi connectivity index (χ1) is 15.0. The van der Waals surface area contributed by atoms with Gasteiger partial charge >= 0.3 is 6.01 Å². The summed E-state index contributed by atoms with van der Waals surface area (Å²) in [5, 5.41) is 17.3. The fourth-order valence-corrected chi connectivity index (χ4v) is 4.76. The van der Waals surface area contributed by atoms with Crippen LogP contribution >= 0.6 is 11.6 Å². The molecule has 0 bridgehead atoms. The first-order valence-corrected chi connectivity index (χ1v) is 10.5. The minimum atomic E-state index is -0.683. The molecule has 3 atom stereocenters. The van der Waals surface area contributed by atoms with E-state index in [2.05, 4.69) is 35.2 Å². The predicted octanol–water partition coefficient (Wildman–Crippen LogP) is 3.40. The first kappa shape index (κ1) is 18.5. The number of rotatable bonds is 2. The van der Waals surface area contributed by atoms with E-state index >= 15 is 0 Å². The van der Waals surface area contributed by atoms with Gasteiger partial charge in [0.25, 0.3) is 0 Å². The van der Waals surface area contributed by atoms with E-state index in [0.717, 1.165) is 24.1 Å². The number of ether oxygens (including phenoxy) is 1. The molecule has 31 heavy (non-hydrogen) atoms. The Bertz CT molecular complexity index is 1150. The lowest BCUT2D eigenvalue weighted by atomic mass is 10.1. The van der Waals surface area contributed by atoms with Crippen molar-refractivity contribution in [3.63, 3.8) is 0 Å². The zero-order valence-corrected chi connectivity index (χ0v) is 17.6. The first-order valence-electron chi connectivity index (χ1n) is 10.0. The molecule has 10 nitrogen and oxygen atoms in total. The maximum absolute atomic E-state index is 9.52. The number of hydrazine groups is 1. The van der Waals surface area contributed by atoms with E-state index in [0.29, 0.717) is 11.6 Å². The summed E-state index contributed by atoms with van der Waals surface area (Å²) in [6.07, 6.45) is 6.70. The Morgan fingerprint density at radius 1 is 1.29 bits per heavy atom. The Morgan fingerprint density at radius 2 is 2.13 bits per heavy atom. The fraction of sp³-hybridized carbons (Fsp3) is 0.400. The van der Waals surface area contributed by atoms with E-state index in [9.17, 15) is 5.26 Å². The molecule has 1 fully saturated rings. The van der Waals surface area contributed by atoms with Gasteiger partial charge in [0.05, 0.1) is 17.5 Å². The van der Waals surface area contributed by atoms with Crippen LogP contribution < -0.4 is 9.91 Å². The van der Waals surface area contributed by atoms with Crippen molar-refractivity contribution in [1.29, 1.82) is 5.26 Å². The monoisotopic (exact) mass is 438 g/mol. The third-order valence-electron chi connectivity index (χ3n) is 5.93. The van der Waals surface area contributed by atoms with Crippen LogP contribution in [0.25, 0.3) is 0 Å². The van der Waals surface area contributed by atoms with Crippen LogP contribution in [0.4, 0.5) is 11.7 Å². The van der Waals surface area contributed by atoms with Gasteiger partial charge in [-0.3, -0.25) is 4.90 Å². The number of nitrogens with zero attached hydrogens (tertiary/aromatic N) is 8. The van der Waals surface area contributed by atoms with Crippen molar-refractivity contribution in [2.45, 2.75) is 50.2 Å². The van der Waals surface area contributed by atoms with Crippen LogP contribution in [0.5, 0.6) is 0 Å². The average molecular weight is 439 g/mol. The van der Waals surface area contributed by atoms with Crippen LogP contribution in [0.2, 0.25) is 0 Å². The Kier molecular flexibility index (Phi) is 3.79. The summed E-state index contributed by atoms with van der Waals surface area (Å²) in [4.78, 5) is 12.5. The van der Waals surface area contributed by atoms with Gasteiger partial charge in [-0.05, 0) is 32.8 Å². The summed E-state index contributed by atoms with van der Waals surface area (Å²) < 4.78 is 11.6. The maximum Gasteiger partial charge on any atom is 0.348 e. The lowest BCUT2D eigenvalue weighted by molar-refractivity contribution is -0.0207. The predicted molar refractivity (Wildman–Crippen MR) is 111 cm³/mol. The molecule has 0 spiro atoms. The van der Waals surface area contributed by atoms with Crippen molar-refractivity contribution >= 4 is 29.6 Å². The van der Waals surface area contributed by atoms with Gasteiger partial charge in [0, 0.05) is 5.56 Å². The second-order valence-corrected chi connectivity index (χ2v) is 8.79. The van der Waals surface area contributed by atoms with Gasteiger partial charge in [-0.25, -0.2) is 14.9 Å². The molecule has 1 aromatic carbocycles. The molecule has 6 rings (SSSR count). The maximum atomic E-state index is 9.52. The molecule has 3 unspecified atom stereocenters. The zero-order valence-electron chi connectivity index (χ0n) is 16.9. The Labute approximate surface area is 183 Å². The van der Waals surface area contributed by atoms with Gasteiger partial charge in [0.2, 0.25) is 5.82 Å². The number of nitriles is 1. The standard InChI is InChI=1S/C20H19ClN8O2/c1-20(2)8-7-14(30-20)16-24-19(31-25-16)27-11-23-17-12-5-3-4-6-13(12)28-15(29(17)27)9-26(10-22)18(28)21/h3-6,9,11,14,17-18H,7-8H2,1-2H3. The number of halogens is 1. The van der Waals surface area contributed by atoms with Crippen LogP contribution in [0.15, 0.2) is 45.8 Å². The normalized spacial score (nSPS) is 27.8. The van der Waals surface area contributed by atoms with Gasteiger partial charge in [-0.1, -0.05) is 35.0 Å². The van der Waals surface area contributed by atoms with Gasteiger partial charge in [0.15, 0.2) is 23.8 Å². The van der Waals surface area contributed by atoms with E-state index < -0.39 is 5.62 Å². The summed E-state index contributed by atoms with van der Waals surface area (Å²) in [6.45, 7) is 4.11. The Hall–Kier alpha value is -3.29. The molecule has 11 heteroatoms. The third kappa shape index (κ3) is 2.63. The van der Waals surface area contributed by atoms with Crippen molar-refractivity contribution in [3.8, 4) is 6.19 Å². The molecule has 2 aromatic rings. The molecule has 4 aliphatic rings. The van der Waals surface area contributed by atoms with Gasteiger partial charge in [-0.2, -0.15) is 15.3 Å². The van der Waals surface area contributed by atoms with Crippen molar-refractivity contribution < 1.29 is 9.26 Å². The van der Waals surface area contributed by atoms with Crippen molar-refractivity contribution in [3.05, 3.63) is 47.7 Å². The Morgan fingerprint density at radius 3 is 2.90 bits per heavy atom. The number of hydrogen-bond acceptors (Lipinski definition) is 10. The molecule has 0 saturated carbocycles. The summed E-state index contributed by atoms with van der Waals surface area (Å²) >= 11 is 6.60. The van der Waals surface area contributed by atoms with Gasteiger partial charge < -0.3 is 9.26 Å². The number of para-hydroxylation sites is 1. The van der Waals surface area contributed by atoms with Gasteiger partial charge in [0.1, 0.15) is 12.4 Å². The molecule has 4 aliphatic heterocycles. The molecule has 0 radical (unpaired) electrons. The number of aliphatic imine (C=N–C) groups is 1. The van der Waals surface area contributed by atoms with E-state index in [1.807, 2.05) is 34.2 Å². The molecule has 158 valence electrons. The minimum absolute atomic E-state index is 0.201. The molecule has 1 saturated heterocycles. The number of alkyl halides is 1. The highest BCUT2D eigenvalue weighted by Crippen LogP contribution is 2.48. The van der Waals surface area contributed by atoms with E-state index in [1.54, 1.807) is 17.5 Å². The smallest absolute Gasteiger partial charge is 0.348 e. The van der Waals surface area contributed by atoms with E-state index in [4.69, 9.17) is 20.9 Å². The van der Waals surface area contributed by atoms with E-state index in [1.165, 1.54) is 4.90 Å². The number of hydrogen-bond donors (Lipinski definition) is 0. The lowest BCUT2D eigenvalue weighted by Gasteiger charge is -2.42. The average Bonchev–Trinajstić information content (AvgIpc) is 3.52. The summed E-state index contributed by atoms with van der Waals surface area (Å²) in [6, 6.07) is 8.14. The van der Waals surface area contributed by atoms with Crippen LogP contribution in [-0.4, -0.2) is 37.6 Å². The van der Waals surface area contributed by atoms with Crippen molar-refractivity contribution in [1.82, 2.24) is 20.0 Å². The summed E-state index contributed by atoms with van der Waals surface area (Å²) in [7, 11) is 0.